The molecule has 0 aliphatic heterocycles. The molecule has 2 aromatic carbocycles. The fraction of sp³-hybridized carbons (Fsp3) is 0.292. The first-order chi connectivity index (χ1) is 14.4. The Balaban J connectivity index is 1.93. The lowest BCUT2D eigenvalue weighted by Gasteiger charge is -2.19. The number of hydrogen-bond acceptors (Lipinski definition) is 4. The molecule has 6 heteroatoms. The smallest absolute Gasteiger partial charge is 0.267 e. The van der Waals surface area contributed by atoms with Crippen LogP contribution in [0.5, 0.6) is 5.75 Å². The van der Waals surface area contributed by atoms with Crippen LogP contribution in [0.25, 0.3) is 11.3 Å². The maximum Gasteiger partial charge on any atom is 0.267 e. The number of benzene rings is 2. The highest BCUT2D eigenvalue weighted by Crippen LogP contribution is 2.25. The predicted molar refractivity (Wildman–Crippen MR) is 119 cm³/mol. The zero-order valence-electron chi connectivity index (χ0n) is 17.8. The van der Waals surface area contributed by atoms with Gasteiger partial charge in [-0.25, -0.2) is 4.68 Å². The van der Waals surface area contributed by atoms with E-state index < -0.39 is 6.04 Å². The van der Waals surface area contributed by atoms with Gasteiger partial charge in [0.1, 0.15) is 11.8 Å². The minimum atomic E-state index is -0.737. The van der Waals surface area contributed by atoms with E-state index in [1.165, 1.54) is 16.3 Å². The molecule has 0 aliphatic rings. The van der Waals surface area contributed by atoms with Crippen LogP contribution >= 0.6 is 0 Å². The van der Waals surface area contributed by atoms with Gasteiger partial charge in [0.15, 0.2) is 0 Å². The summed E-state index contributed by atoms with van der Waals surface area (Å²) < 4.78 is 6.85. The van der Waals surface area contributed by atoms with Gasteiger partial charge in [-0.1, -0.05) is 31.2 Å². The number of nitrogens with zero attached hydrogens (tertiary/aromatic N) is 2. The molecule has 6 nitrogen and oxygen atoms in total. The molecule has 0 unspecified atom stereocenters. The number of aromatic nitrogens is 2. The first-order valence-electron chi connectivity index (χ1n) is 10.1. The van der Waals surface area contributed by atoms with Gasteiger partial charge in [-0.05, 0) is 62.6 Å². The van der Waals surface area contributed by atoms with E-state index in [0.717, 1.165) is 11.1 Å². The molecular weight excluding hydrogens is 378 g/mol. The summed E-state index contributed by atoms with van der Waals surface area (Å²) in [5.74, 6) is 0.281. The van der Waals surface area contributed by atoms with Crippen LogP contribution in [0.1, 0.15) is 37.4 Å². The molecule has 0 bridgehead atoms. The normalized spacial score (nSPS) is 11.7. The Morgan fingerprint density at radius 2 is 1.83 bits per heavy atom. The van der Waals surface area contributed by atoms with Crippen LogP contribution in [0, 0.1) is 13.8 Å². The van der Waals surface area contributed by atoms with E-state index >= 15 is 0 Å². The molecule has 1 amide bonds. The highest BCUT2D eigenvalue weighted by molar-refractivity contribution is 5.95. The third-order valence-corrected chi connectivity index (χ3v) is 5.06. The minimum absolute atomic E-state index is 0.309. The van der Waals surface area contributed by atoms with Crippen LogP contribution in [0.2, 0.25) is 0 Å². The van der Waals surface area contributed by atoms with Crippen LogP contribution in [0.15, 0.2) is 59.4 Å². The summed E-state index contributed by atoms with van der Waals surface area (Å²) in [7, 11) is 0. The molecule has 3 aromatic rings. The molecule has 0 radical (unpaired) electrons. The van der Waals surface area contributed by atoms with Gasteiger partial charge in [0, 0.05) is 11.6 Å². The van der Waals surface area contributed by atoms with Crippen molar-refractivity contribution in [3.63, 3.8) is 0 Å². The number of carbonyl (C=O) groups excluding carboxylic acids is 1. The number of hydrogen-bond donors (Lipinski definition) is 1. The van der Waals surface area contributed by atoms with Crippen molar-refractivity contribution in [2.75, 3.05) is 11.9 Å². The Labute approximate surface area is 176 Å². The first kappa shape index (κ1) is 21.3. The Bertz CT molecular complexity index is 1100. The quantitative estimate of drug-likeness (QED) is 0.627. The number of para-hydroxylation sites is 2. The van der Waals surface area contributed by atoms with Gasteiger partial charge in [0.2, 0.25) is 5.91 Å². The molecule has 0 saturated carbocycles. The van der Waals surface area contributed by atoms with E-state index in [9.17, 15) is 9.59 Å². The van der Waals surface area contributed by atoms with Gasteiger partial charge >= 0.3 is 0 Å². The first-order valence-corrected chi connectivity index (χ1v) is 10.1. The largest absolute Gasteiger partial charge is 0.492 e. The second kappa shape index (κ2) is 9.39. The van der Waals surface area contributed by atoms with E-state index in [0.29, 0.717) is 30.2 Å². The van der Waals surface area contributed by atoms with E-state index in [1.54, 1.807) is 18.2 Å². The van der Waals surface area contributed by atoms with Crippen LogP contribution < -0.4 is 15.6 Å². The average molecular weight is 405 g/mol. The number of amides is 1. The number of aryl methyl sites for hydroxylation is 2. The SMILES string of the molecule is CCOc1ccccc1NC(=O)[C@@H](CC)n1nc(-c2ccc(C)c(C)c2)ccc1=O. The fourth-order valence-electron chi connectivity index (χ4n) is 3.24. The molecule has 0 aliphatic carbocycles. The molecule has 0 fully saturated rings. The maximum absolute atomic E-state index is 13.0. The standard InChI is InChI=1S/C24H27N3O3/c1-5-21(24(29)25-20-9-7-8-10-22(20)30-6-2)27-23(28)14-13-19(26-27)18-12-11-16(3)17(4)15-18/h7-15,21H,5-6H2,1-4H3,(H,25,29)/t21-/m1/s1. The number of anilines is 1. The van der Waals surface area contributed by atoms with Gasteiger partial charge < -0.3 is 10.1 Å². The molecule has 30 heavy (non-hydrogen) atoms. The number of ether oxygens (including phenoxy) is 1. The molecule has 1 atom stereocenters. The Hall–Kier alpha value is -3.41. The number of nitrogens with one attached hydrogen (secondary N) is 1. The molecule has 0 saturated heterocycles. The minimum Gasteiger partial charge on any atom is -0.492 e. The van der Waals surface area contributed by atoms with Gasteiger partial charge in [-0.15, -0.1) is 0 Å². The van der Waals surface area contributed by atoms with Crippen LogP contribution in [-0.4, -0.2) is 22.3 Å². The lowest BCUT2D eigenvalue weighted by atomic mass is 10.0. The summed E-state index contributed by atoms with van der Waals surface area (Å²) in [4.78, 5) is 25.6. The molecule has 1 heterocycles. The van der Waals surface area contributed by atoms with Crippen molar-refractivity contribution < 1.29 is 9.53 Å². The van der Waals surface area contributed by atoms with Crippen molar-refractivity contribution >= 4 is 11.6 Å². The maximum atomic E-state index is 13.0. The third-order valence-electron chi connectivity index (χ3n) is 5.06. The predicted octanol–water partition coefficient (Wildman–Crippen LogP) is 4.52. The van der Waals surface area contributed by atoms with Crippen molar-refractivity contribution in [1.29, 1.82) is 0 Å². The zero-order chi connectivity index (χ0) is 21.7. The second-order valence-corrected chi connectivity index (χ2v) is 7.14. The van der Waals surface area contributed by atoms with Crippen molar-refractivity contribution in [3.05, 3.63) is 76.1 Å². The molecular formula is C24H27N3O3. The van der Waals surface area contributed by atoms with Crippen molar-refractivity contribution in [2.45, 2.75) is 40.2 Å². The lowest BCUT2D eigenvalue weighted by molar-refractivity contribution is -0.119. The lowest BCUT2D eigenvalue weighted by Crippen LogP contribution is -2.34. The van der Waals surface area contributed by atoms with Crippen molar-refractivity contribution in [2.24, 2.45) is 0 Å². The van der Waals surface area contributed by atoms with E-state index in [2.05, 4.69) is 10.4 Å². The Morgan fingerprint density at radius 3 is 2.53 bits per heavy atom. The summed E-state index contributed by atoms with van der Waals surface area (Å²) in [6.07, 6.45) is 0.423. The van der Waals surface area contributed by atoms with Crippen molar-refractivity contribution in [3.8, 4) is 17.0 Å². The molecule has 3 rings (SSSR count). The molecule has 156 valence electrons. The summed E-state index contributed by atoms with van der Waals surface area (Å²) in [5, 5.41) is 7.40. The molecule has 0 spiro atoms. The third kappa shape index (κ3) is 4.59. The number of rotatable bonds is 7. The van der Waals surface area contributed by atoms with Crippen LogP contribution in [0.4, 0.5) is 5.69 Å². The Morgan fingerprint density at radius 1 is 1.07 bits per heavy atom. The highest BCUT2D eigenvalue weighted by atomic mass is 16.5. The van der Waals surface area contributed by atoms with Crippen LogP contribution in [0.3, 0.4) is 0 Å². The van der Waals surface area contributed by atoms with Gasteiger partial charge in [-0.2, -0.15) is 5.10 Å². The Kier molecular flexibility index (Phi) is 6.67. The van der Waals surface area contributed by atoms with Crippen LogP contribution in [-0.2, 0) is 4.79 Å². The summed E-state index contributed by atoms with van der Waals surface area (Å²) in [6, 6.07) is 15.7. The highest BCUT2D eigenvalue weighted by Gasteiger charge is 2.22. The van der Waals surface area contributed by atoms with Gasteiger partial charge in [0.05, 0.1) is 18.0 Å². The zero-order valence-corrected chi connectivity index (χ0v) is 17.8. The topological polar surface area (TPSA) is 73.2 Å². The fourth-order valence-corrected chi connectivity index (χ4v) is 3.24. The monoisotopic (exact) mass is 405 g/mol. The summed E-state index contributed by atoms with van der Waals surface area (Å²) in [5.41, 5.74) is 4.14. The average Bonchev–Trinajstić information content (AvgIpc) is 2.73. The van der Waals surface area contributed by atoms with Gasteiger partial charge in [-0.3, -0.25) is 9.59 Å². The summed E-state index contributed by atoms with van der Waals surface area (Å²) >= 11 is 0. The van der Waals surface area contributed by atoms with E-state index in [-0.39, 0.29) is 11.5 Å². The number of carbonyl (C=O) groups is 1. The van der Waals surface area contributed by atoms with Crippen molar-refractivity contribution in [1.82, 2.24) is 9.78 Å². The summed E-state index contributed by atoms with van der Waals surface area (Å²) in [6.45, 7) is 8.31. The second-order valence-electron chi connectivity index (χ2n) is 7.14. The van der Waals surface area contributed by atoms with E-state index in [4.69, 9.17) is 4.74 Å². The van der Waals surface area contributed by atoms with Gasteiger partial charge in [0.25, 0.3) is 5.56 Å². The van der Waals surface area contributed by atoms with E-state index in [1.807, 2.05) is 58.0 Å². The molecule has 1 N–H and O–H groups in total. The molecule has 1 aromatic heterocycles.